The molecule has 0 saturated carbocycles. The average molecular weight is 302 g/mol. The van der Waals surface area contributed by atoms with Gasteiger partial charge in [-0.2, -0.15) is 0 Å². The second-order valence-corrected chi connectivity index (χ2v) is 7.05. The summed E-state index contributed by atoms with van der Waals surface area (Å²) < 4.78 is 12.7. The maximum absolute atomic E-state index is 12.7. The van der Waals surface area contributed by atoms with E-state index in [4.69, 9.17) is 0 Å². The second-order valence-electron chi connectivity index (χ2n) is 7.05. The largest absolute Gasteiger partial charge is 0.393 e. The van der Waals surface area contributed by atoms with Crippen LogP contribution in [0.2, 0.25) is 0 Å². The lowest BCUT2D eigenvalue weighted by molar-refractivity contribution is -0.0120. The molecule has 1 N–H and O–H groups in total. The van der Waals surface area contributed by atoms with E-state index in [-0.39, 0.29) is 12.0 Å². The molecule has 2 aliphatic rings. The molecule has 0 amide bonds. The molecule has 0 aromatic heterocycles. The van der Waals surface area contributed by atoms with E-state index >= 15 is 0 Å². The first kappa shape index (κ1) is 15.7. The molecule has 0 bridgehead atoms. The summed E-state index contributed by atoms with van der Waals surface area (Å²) in [7, 11) is 0. The van der Waals surface area contributed by atoms with E-state index in [1.165, 1.54) is 22.3 Å². The number of aliphatic hydroxyl groups is 1. The Hall–Kier alpha value is -1.19. The van der Waals surface area contributed by atoms with Gasteiger partial charge in [-0.05, 0) is 60.9 Å². The summed E-state index contributed by atoms with van der Waals surface area (Å²) in [6.45, 7) is 9.48. The van der Waals surface area contributed by atoms with Crippen molar-refractivity contribution in [1.82, 2.24) is 4.90 Å². The highest BCUT2D eigenvalue weighted by Crippen LogP contribution is 2.40. The SMILES string of the molecule is C=C(C[18F])C[C@@H]1CN2CCc3cc(C)c(C)cc3[C@H]2C[C@H]1O. The number of piperidine rings is 1. The molecule has 0 spiro atoms. The molecule has 1 aromatic rings. The molecular formula is C19H26FNO. The summed E-state index contributed by atoms with van der Waals surface area (Å²) in [4.78, 5) is 2.47. The predicted molar refractivity (Wildman–Crippen MR) is 87.8 cm³/mol. The molecule has 0 radical (unpaired) electrons. The van der Waals surface area contributed by atoms with Gasteiger partial charge in [-0.15, -0.1) is 0 Å². The molecule has 2 aliphatic heterocycles. The molecule has 1 aromatic carbocycles. The Labute approximate surface area is 132 Å². The zero-order valence-electron chi connectivity index (χ0n) is 13.6. The van der Waals surface area contributed by atoms with Gasteiger partial charge < -0.3 is 5.11 Å². The van der Waals surface area contributed by atoms with Crippen LogP contribution in [-0.4, -0.2) is 35.9 Å². The Bertz CT molecular complexity index is 583. The molecule has 1 saturated heterocycles. The number of aliphatic hydroxyl groups excluding tert-OH is 1. The molecule has 0 unspecified atom stereocenters. The van der Waals surface area contributed by atoms with Crippen molar-refractivity contribution in [3.05, 3.63) is 46.5 Å². The van der Waals surface area contributed by atoms with Crippen LogP contribution in [0.1, 0.15) is 41.1 Å². The van der Waals surface area contributed by atoms with Gasteiger partial charge in [0.05, 0.1) is 6.10 Å². The lowest BCUT2D eigenvalue weighted by Gasteiger charge is -2.46. The third kappa shape index (κ3) is 2.84. The summed E-state index contributed by atoms with van der Waals surface area (Å²) >= 11 is 0. The quantitative estimate of drug-likeness (QED) is 0.864. The zero-order valence-corrected chi connectivity index (χ0v) is 13.6. The van der Waals surface area contributed by atoms with Crippen molar-refractivity contribution in [3.8, 4) is 0 Å². The van der Waals surface area contributed by atoms with Crippen molar-refractivity contribution >= 4 is 0 Å². The molecule has 1 fully saturated rings. The minimum absolute atomic E-state index is 0.118. The summed E-state index contributed by atoms with van der Waals surface area (Å²) in [5.41, 5.74) is 6.09. The number of hydrogen-bond acceptors (Lipinski definition) is 2. The van der Waals surface area contributed by atoms with E-state index in [2.05, 4.69) is 37.5 Å². The normalized spacial score (nSPS) is 28.1. The standard InChI is InChI=1S/C19H26FNO/c1-12(10-20)6-16-11-21-5-4-15-7-13(2)14(3)8-17(15)18(21)9-19(16)22/h7-8,16,18-19,22H,1,4-6,9-11H2,2-3H3/t16-,18-,19-/m1/s1/i20-1. The molecule has 3 rings (SSSR count). The number of allylic oxidation sites excluding steroid dienone is 1. The summed E-state index contributed by atoms with van der Waals surface area (Å²) in [6, 6.07) is 4.92. The lowest BCUT2D eigenvalue weighted by atomic mass is 9.79. The van der Waals surface area contributed by atoms with E-state index in [1.807, 2.05) is 0 Å². The Morgan fingerprint density at radius 3 is 2.82 bits per heavy atom. The Kier molecular flexibility index (Phi) is 4.37. The monoisotopic (exact) mass is 302 g/mol. The highest BCUT2D eigenvalue weighted by atomic mass is 18.2. The first-order valence-electron chi connectivity index (χ1n) is 8.24. The van der Waals surface area contributed by atoms with Crippen LogP contribution >= 0.6 is 0 Å². The van der Waals surface area contributed by atoms with E-state index in [9.17, 15) is 9.50 Å². The Morgan fingerprint density at radius 1 is 1.36 bits per heavy atom. The molecule has 2 heterocycles. The molecular weight excluding hydrogens is 276 g/mol. The van der Waals surface area contributed by atoms with Gasteiger partial charge in [0.15, 0.2) is 0 Å². The van der Waals surface area contributed by atoms with Gasteiger partial charge in [0, 0.05) is 25.0 Å². The van der Waals surface area contributed by atoms with Crippen LogP contribution in [0, 0.1) is 19.8 Å². The Balaban J connectivity index is 1.82. The maximum Gasteiger partial charge on any atom is 0.110 e. The number of rotatable bonds is 3. The highest BCUT2D eigenvalue weighted by molar-refractivity contribution is 5.41. The molecule has 2 nitrogen and oxygen atoms in total. The fourth-order valence-corrected chi connectivity index (χ4v) is 4.01. The number of aryl methyl sites for hydroxylation is 2. The van der Waals surface area contributed by atoms with Crippen LogP contribution in [0.25, 0.3) is 0 Å². The summed E-state index contributed by atoms with van der Waals surface area (Å²) in [6.07, 6.45) is 2.05. The minimum Gasteiger partial charge on any atom is -0.393 e. The molecule has 120 valence electrons. The molecule has 3 heteroatoms. The zero-order chi connectivity index (χ0) is 15.9. The van der Waals surface area contributed by atoms with Gasteiger partial charge in [-0.25, -0.2) is 4.39 Å². The van der Waals surface area contributed by atoms with Crippen LogP contribution in [0.5, 0.6) is 0 Å². The van der Waals surface area contributed by atoms with E-state index < -0.39 is 6.67 Å². The number of fused-ring (bicyclic) bond motifs is 3. The summed E-state index contributed by atoms with van der Waals surface area (Å²) in [5.74, 6) is 0.118. The predicted octanol–water partition coefficient (Wildman–Crippen LogP) is 3.50. The van der Waals surface area contributed by atoms with E-state index in [0.717, 1.165) is 25.9 Å². The van der Waals surface area contributed by atoms with Crippen molar-refractivity contribution in [1.29, 1.82) is 0 Å². The van der Waals surface area contributed by atoms with Crippen molar-refractivity contribution < 1.29 is 9.50 Å². The van der Waals surface area contributed by atoms with Crippen molar-refractivity contribution in [2.24, 2.45) is 5.92 Å². The minimum atomic E-state index is -0.478. The van der Waals surface area contributed by atoms with E-state index in [0.29, 0.717) is 18.0 Å². The van der Waals surface area contributed by atoms with Crippen LogP contribution in [0.3, 0.4) is 0 Å². The highest BCUT2D eigenvalue weighted by Gasteiger charge is 2.38. The van der Waals surface area contributed by atoms with Crippen LogP contribution in [-0.2, 0) is 6.42 Å². The number of alkyl halides is 1. The van der Waals surface area contributed by atoms with E-state index in [1.54, 1.807) is 0 Å². The fourth-order valence-electron chi connectivity index (χ4n) is 4.01. The summed E-state index contributed by atoms with van der Waals surface area (Å²) in [5, 5.41) is 10.5. The molecule has 3 atom stereocenters. The number of halogens is 1. The average Bonchev–Trinajstić information content (AvgIpc) is 2.49. The second kappa shape index (κ2) is 6.13. The molecule has 0 aliphatic carbocycles. The number of hydrogen-bond donors (Lipinski definition) is 1. The van der Waals surface area contributed by atoms with Crippen LogP contribution < -0.4 is 0 Å². The van der Waals surface area contributed by atoms with Crippen LogP contribution in [0.15, 0.2) is 24.3 Å². The van der Waals surface area contributed by atoms with Crippen molar-refractivity contribution in [2.75, 3.05) is 19.8 Å². The molecule has 22 heavy (non-hydrogen) atoms. The van der Waals surface area contributed by atoms with Gasteiger partial charge in [0.2, 0.25) is 0 Å². The smallest absolute Gasteiger partial charge is 0.110 e. The third-order valence-corrected chi connectivity index (χ3v) is 5.44. The number of nitrogens with zero attached hydrogens (tertiary/aromatic N) is 1. The first-order chi connectivity index (χ1) is 10.5. The van der Waals surface area contributed by atoms with Gasteiger partial charge in [-0.3, -0.25) is 4.90 Å². The van der Waals surface area contributed by atoms with Gasteiger partial charge >= 0.3 is 0 Å². The third-order valence-electron chi connectivity index (χ3n) is 5.44. The Morgan fingerprint density at radius 2 is 2.09 bits per heavy atom. The topological polar surface area (TPSA) is 23.5 Å². The van der Waals surface area contributed by atoms with Gasteiger partial charge in [0.1, 0.15) is 6.67 Å². The van der Waals surface area contributed by atoms with Gasteiger partial charge in [0.25, 0.3) is 0 Å². The van der Waals surface area contributed by atoms with Crippen LogP contribution in [0.4, 0.5) is 4.39 Å². The first-order valence-corrected chi connectivity index (χ1v) is 8.24. The van der Waals surface area contributed by atoms with Crippen molar-refractivity contribution in [3.63, 3.8) is 0 Å². The van der Waals surface area contributed by atoms with Gasteiger partial charge in [-0.1, -0.05) is 18.7 Å². The van der Waals surface area contributed by atoms with Crippen molar-refractivity contribution in [2.45, 2.75) is 45.3 Å². The maximum atomic E-state index is 12.7. The lowest BCUT2D eigenvalue weighted by Crippen LogP contribution is -2.48. The number of benzene rings is 1. The fraction of sp³-hybridized carbons (Fsp3) is 0.579.